The summed E-state index contributed by atoms with van der Waals surface area (Å²) in [5.74, 6) is 0.460. The second kappa shape index (κ2) is 3.05. The highest BCUT2D eigenvalue weighted by atomic mass is 16.2. The van der Waals surface area contributed by atoms with Gasteiger partial charge in [0.1, 0.15) is 0 Å². The summed E-state index contributed by atoms with van der Waals surface area (Å²) in [6.07, 6.45) is 1.64. The van der Waals surface area contributed by atoms with Crippen molar-refractivity contribution in [3.8, 4) is 0 Å². The predicted molar refractivity (Wildman–Crippen MR) is 41.4 cm³/mol. The third-order valence-corrected chi connectivity index (χ3v) is 1.16. The van der Waals surface area contributed by atoms with Crippen molar-refractivity contribution in [2.75, 3.05) is 12.4 Å². The number of hydrogen-bond donors (Lipinski definition) is 3. The molecule has 1 heterocycles. The monoisotopic (exact) mass is 154 g/mol. The van der Waals surface area contributed by atoms with Crippen molar-refractivity contribution < 1.29 is 4.79 Å². The molecular weight excluding hydrogens is 144 g/mol. The minimum absolute atomic E-state index is 0.278. The van der Waals surface area contributed by atoms with Gasteiger partial charge in [0.2, 0.25) is 5.95 Å². The molecule has 1 aromatic heterocycles. The van der Waals surface area contributed by atoms with E-state index in [0.29, 0.717) is 5.95 Å². The SMILES string of the molecule is CNC(=O)Nc1ncc(C)[nH]1. The number of amides is 2. The standard InChI is InChI=1S/C6H10N4O/c1-4-3-8-5(9-4)10-6(11)7-2/h3H,1-2H3,(H3,7,8,9,10,11). The fourth-order valence-electron chi connectivity index (χ4n) is 0.646. The van der Waals surface area contributed by atoms with Gasteiger partial charge >= 0.3 is 6.03 Å². The van der Waals surface area contributed by atoms with Crippen molar-refractivity contribution >= 4 is 12.0 Å². The Balaban J connectivity index is 2.57. The zero-order valence-corrected chi connectivity index (χ0v) is 6.43. The van der Waals surface area contributed by atoms with Crippen molar-refractivity contribution in [3.63, 3.8) is 0 Å². The molecule has 0 spiro atoms. The van der Waals surface area contributed by atoms with E-state index >= 15 is 0 Å². The number of urea groups is 1. The highest BCUT2D eigenvalue weighted by Gasteiger charge is 1.99. The first-order chi connectivity index (χ1) is 5.22. The first kappa shape index (κ1) is 7.59. The maximum Gasteiger partial charge on any atom is 0.321 e. The maximum atomic E-state index is 10.7. The zero-order chi connectivity index (χ0) is 8.27. The van der Waals surface area contributed by atoms with Gasteiger partial charge in [0.15, 0.2) is 0 Å². The van der Waals surface area contributed by atoms with E-state index in [0.717, 1.165) is 5.69 Å². The van der Waals surface area contributed by atoms with E-state index in [1.807, 2.05) is 6.92 Å². The number of anilines is 1. The fourth-order valence-corrected chi connectivity index (χ4v) is 0.646. The molecule has 0 saturated heterocycles. The Bertz CT molecular complexity index is 255. The number of H-pyrrole nitrogens is 1. The van der Waals surface area contributed by atoms with Crippen LogP contribution in [-0.2, 0) is 0 Å². The number of nitrogens with one attached hydrogen (secondary N) is 3. The van der Waals surface area contributed by atoms with Crippen LogP contribution in [0.2, 0.25) is 0 Å². The highest BCUT2D eigenvalue weighted by molar-refractivity contribution is 5.87. The summed E-state index contributed by atoms with van der Waals surface area (Å²) in [6, 6.07) is -0.278. The summed E-state index contributed by atoms with van der Waals surface area (Å²) in [5.41, 5.74) is 0.913. The number of aryl methyl sites for hydroxylation is 1. The van der Waals surface area contributed by atoms with Crippen LogP contribution in [-0.4, -0.2) is 23.0 Å². The molecule has 3 N–H and O–H groups in total. The molecule has 1 rings (SSSR count). The normalized spacial score (nSPS) is 9.27. The average Bonchev–Trinajstić information content (AvgIpc) is 2.35. The van der Waals surface area contributed by atoms with Crippen LogP contribution in [0.15, 0.2) is 6.20 Å². The van der Waals surface area contributed by atoms with E-state index < -0.39 is 0 Å². The lowest BCUT2D eigenvalue weighted by molar-refractivity contribution is 0.254. The van der Waals surface area contributed by atoms with Crippen LogP contribution in [0.4, 0.5) is 10.7 Å². The van der Waals surface area contributed by atoms with Crippen LogP contribution in [0, 0.1) is 6.92 Å². The maximum absolute atomic E-state index is 10.7. The lowest BCUT2D eigenvalue weighted by Crippen LogP contribution is -2.24. The number of nitrogens with zero attached hydrogens (tertiary/aromatic N) is 1. The van der Waals surface area contributed by atoms with Gasteiger partial charge in [-0.25, -0.2) is 9.78 Å². The quantitative estimate of drug-likeness (QED) is 0.550. The van der Waals surface area contributed by atoms with Crippen molar-refractivity contribution in [3.05, 3.63) is 11.9 Å². The van der Waals surface area contributed by atoms with E-state index in [-0.39, 0.29) is 6.03 Å². The summed E-state index contributed by atoms with van der Waals surface area (Å²) < 4.78 is 0. The topological polar surface area (TPSA) is 69.8 Å². The molecule has 0 bridgehead atoms. The van der Waals surface area contributed by atoms with Gasteiger partial charge in [0.05, 0.1) is 0 Å². The highest BCUT2D eigenvalue weighted by Crippen LogP contribution is 1.98. The second-order valence-corrected chi connectivity index (χ2v) is 2.12. The van der Waals surface area contributed by atoms with Gasteiger partial charge in [0, 0.05) is 18.9 Å². The molecule has 0 aromatic carbocycles. The number of aromatic nitrogens is 2. The Kier molecular flexibility index (Phi) is 2.10. The minimum atomic E-state index is -0.278. The molecule has 5 nitrogen and oxygen atoms in total. The third-order valence-electron chi connectivity index (χ3n) is 1.16. The summed E-state index contributed by atoms with van der Waals surface area (Å²) in [7, 11) is 1.55. The van der Waals surface area contributed by atoms with Gasteiger partial charge < -0.3 is 10.3 Å². The Hall–Kier alpha value is -1.52. The molecule has 5 heteroatoms. The number of rotatable bonds is 1. The zero-order valence-electron chi connectivity index (χ0n) is 6.43. The molecule has 0 aliphatic heterocycles. The number of imidazole rings is 1. The van der Waals surface area contributed by atoms with Gasteiger partial charge in [0.25, 0.3) is 0 Å². The molecule has 11 heavy (non-hydrogen) atoms. The predicted octanol–water partition coefficient (Wildman–Crippen LogP) is 0.469. The molecule has 0 radical (unpaired) electrons. The number of aromatic amines is 1. The van der Waals surface area contributed by atoms with Crippen molar-refractivity contribution in [2.24, 2.45) is 0 Å². The third kappa shape index (κ3) is 1.96. The Labute approximate surface area is 64.2 Å². The molecule has 0 atom stereocenters. The van der Waals surface area contributed by atoms with Gasteiger partial charge in [-0.15, -0.1) is 0 Å². The molecule has 0 aliphatic rings. The van der Waals surface area contributed by atoms with Crippen LogP contribution in [0.5, 0.6) is 0 Å². The minimum Gasteiger partial charge on any atom is -0.341 e. The molecule has 0 saturated carbocycles. The first-order valence-corrected chi connectivity index (χ1v) is 3.22. The molecule has 2 amide bonds. The van der Waals surface area contributed by atoms with Crippen LogP contribution in [0.3, 0.4) is 0 Å². The van der Waals surface area contributed by atoms with Crippen LogP contribution >= 0.6 is 0 Å². The summed E-state index contributed by atoms with van der Waals surface area (Å²) in [6.45, 7) is 1.86. The van der Waals surface area contributed by atoms with E-state index in [4.69, 9.17) is 0 Å². The van der Waals surface area contributed by atoms with E-state index in [1.54, 1.807) is 13.2 Å². The Morgan fingerprint density at radius 3 is 2.91 bits per heavy atom. The second-order valence-electron chi connectivity index (χ2n) is 2.12. The van der Waals surface area contributed by atoms with Crippen molar-refractivity contribution in [1.29, 1.82) is 0 Å². The van der Waals surface area contributed by atoms with Crippen LogP contribution < -0.4 is 10.6 Å². The molecule has 60 valence electrons. The molecule has 0 aliphatic carbocycles. The van der Waals surface area contributed by atoms with Gasteiger partial charge in [-0.2, -0.15) is 0 Å². The van der Waals surface area contributed by atoms with Crippen molar-refractivity contribution in [1.82, 2.24) is 15.3 Å². The summed E-state index contributed by atoms with van der Waals surface area (Å²) in [4.78, 5) is 17.4. The smallest absolute Gasteiger partial charge is 0.321 e. The molecule has 0 unspecified atom stereocenters. The summed E-state index contributed by atoms with van der Waals surface area (Å²) >= 11 is 0. The van der Waals surface area contributed by atoms with Gasteiger partial charge in [-0.05, 0) is 6.92 Å². The average molecular weight is 154 g/mol. The lowest BCUT2D eigenvalue weighted by atomic mass is 10.6. The van der Waals surface area contributed by atoms with Gasteiger partial charge in [-0.3, -0.25) is 5.32 Å². The first-order valence-electron chi connectivity index (χ1n) is 3.22. The lowest BCUT2D eigenvalue weighted by Gasteiger charge is -1.97. The van der Waals surface area contributed by atoms with E-state index in [9.17, 15) is 4.79 Å². The van der Waals surface area contributed by atoms with E-state index in [1.165, 1.54) is 0 Å². The number of carbonyl (C=O) groups is 1. The van der Waals surface area contributed by atoms with Crippen molar-refractivity contribution in [2.45, 2.75) is 6.92 Å². The number of hydrogen-bond acceptors (Lipinski definition) is 2. The van der Waals surface area contributed by atoms with Crippen LogP contribution in [0.25, 0.3) is 0 Å². The largest absolute Gasteiger partial charge is 0.341 e. The molecule has 0 fully saturated rings. The molecule has 1 aromatic rings. The fraction of sp³-hybridized carbons (Fsp3) is 0.333. The Morgan fingerprint density at radius 2 is 2.45 bits per heavy atom. The summed E-state index contributed by atoms with van der Waals surface area (Å²) in [5, 5.41) is 4.91. The van der Waals surface area contributed by atoms with Crippen LogP contribution in [0.1, 0.15) is 5.69 Å². The molecular formula is C6H10N4O. The Morgan fingerprint density at radius 1 is 1.73 bits per heavy atom. The number of carbonyl (C=O) groups excluding carboxylic acids is 1. The van der Waals surface area contributed by atoms with Gasteiger partial charge in [-0.1, -0.05) is 0 Å². The van der Waals surface area contributed by atoms with E-state index in [2.05, 4.69) is 20.6 Å².